The highest BCUT2D eigenvalue weighted by Gasteiger charge is 2.19. The number of hydrogen-bond donors (Lipinski definition) is 1. The average molecular weight is 357 g/mol. The molecule has 2 N–H and O–H groups in total. The maximum Gasteiger partial charge on any atom is 0.360 e. The third-order valence-corrected chi connectivity index (χ3v) is 3.42. The van der Waals surface area contributed by atoms with Gasteiger partial charge in [0.05, 0.1) is 23.3 Å². The molecular formula is C13H14BrFN4O2. The second-order valence-electron chi connectivity index (χ2n) is 4.22. The Hall–Kier alpha value is -1.80. The van der Waals surface area contributed by atoms with E-state index in [0.717, 1.165) is 5.56 Å². The van der Waals surface area contributed by atoms with Crippen LogP contribution in [-0.2, 0) is 17.8 Å². The van der Waals surface area contributed by atoms with Crippen LogP contribution in [-0.4, -0.2) is 27.6 Å². The van der Waals surface area contributed by atoms with Crippen molar-refractivity contribution in [2.24, 2.45) is 5.73 Å². The number of nitrogens with zero attached hydrogens (tertiary/aromatic N) is 3. The lowest BCUT2D eigenvalue weighted by Crippen LogP contribution is -2.14. The van der Waals surface area contributed by atoms with Crippen molar-refractivity contribution in [1.29, 1.82) is 0 Å². The van der Waals surface area contributed by atoms with Crippen LogP contribution in [0.3, 0.4) is 0 Å². The molecule has 0 aliphatic rings. The first kappa shape index (κ1) is 15.6. The van der Waals surface area contributed by atoms with Gasteiger partial charge in [-0.1, -0.05) is 11.3 Å². The van der Waals surface area contributed by atoms with E-state index in [4.69, 9.17) is 10.5 Å². The Morgan fingerprint density at radius 3 is 2.90 bits per heavy atom. The van der Waals surface area contributed by atoms with Gasteiger partial charge in [-0.2, -0.15) is 0 Å². The molecule has 0 aliphatic heterocycles. The van der Waals surface area contributed by atoms with Gasteiger partial charge in [-0.15, -0.1) is 5.10 Å². The molecule has 0 atom stereocenters. The van der Waals surface area contributed by atoms with E-state index in [2.05, 4.69) is 26.2 Å². The minimum absolute atomic E-state index is 0.101. The lowest BCUT2D eigenvalue weighted by Gasteiger charge is -2.07. The number of aromatic nitrogens is 3. The molecule has 2 aromatic rings. The van der Waals surface area contributed by atoms with Crippen LogP contribution in [0.25, 0.3) is 0 Å². The Kier molecular flexibility index (Phi) is 5.03. The van der Waals surface area contributed by atoms with Gasteiger partial charge < -0.3 is 10.5 Å². The normalized spacial score (nSPS) is 10.7. The van der Waals surface area contributed by atoms with Crippen LogP contribution in [0, 0.1) is 5.82 Å². The highest BCUT2D eigenvalue weighted by molar-refractivity contribution is 9.10. The summed E-state index contributed by atoms with van der Waals surface area (Å²) in [7, 11) is 0. The van der Waals surface area contributed by atoms with E-state index in [1.54, 1.807) is 19.1 Å². The van der Waals surface area contributed by atoms with E-state index in [1.165, 1.54) is 10.7 Å². The molecule has 2 rings (SSSR count). The summed E-state index contributed by atoms with van der Waals surface area (Å²) in [5.41, 5.74) is 7.06. The zero-order valence-corrected chi connectivity index (χ0v) is 12.9. The number of carbonyl (C=O) groups is 1. The van der Waals surface area contributed by atoms with Crippen LogP contribution in [0.1, 0.15) is 28.7 Å². The summed E-state index contributed by atoms with van der Waals surface area (Å²) in [5.74, 6) is -0.895. The molecule has 1 aromatic carbocycles. The number of esters is 1. The fourth-order valence-corrected chi connectivity index (χ4v) is 2.26. The average Bonchev–Trinajstić information content (AvgIpc) is 2.86. The Bertz CT molecular complexity index is 660. The molecule has 0 fully saturated rings. The van der Waals surface area contributed by atoms with E-state index in [1.807, 2.05) is 0 Å². The molecule has 0 aliphatic carbocycles. The maximum absolute atomic E-state index is 13.2. The first-order valence-electron chi connectivity index (χ1n) is 6.30. The van der Waals surface area contributed by atoms with Gasteiger partial charge >= 0.3 is 5.97 Å². The first-order chi connectivity index (χ1) is 10.1. The molecule has 0 bridgehead atoms. The third kappa shape index (κ3) is 3.45. The molecule has 0 saturated carbocycles. The number of ether oxygens (including phenoxy) is 1. The number of carbonyl (C=O) groups excluding carboxylic acids is 1. The highest BCUT2D eigenvalue weighted by Crippen LogP contribution is 2.18. The fourth-order valence-electron chi connectivity index (χ4n) is 1.83. The minimum atomic E-state index is -0.551. The van der Waals surface area contributed by atoms with Crippen LogP contribution >= 0.6 is 15.9 Å². The number of halogens is 2. The Labute approximate surface area is 129 Å². The van der Waals surface area contributed by atoms with Gasteiger partial charge in [0.25, 0.3) is 0 Å². The number of rotatable bonds is 5. The Morgan fingerprint density at radius 1 is 1.52 bits per heavy atom. The monoisotopic (exact) mass is 356 g/mol. The summed E-state index contributed by atoms with van der Waals surface area (Å²) in [6, 6.07) is 4.62. The minimum Gasteiger partial charge on any atom is -0.461 e. The molecule has 0 unspecified atom stereocenters. The predicted octanol–water partition coefficient (Wildman–Crippen LogP) is 1.86. The van der Waals surface area contributed by atoms with Crippen molar-refractivity contribution in [2.75, 3.05) is 6.61 Å². The molecule has 0 radical (unpaired) electrons. The summed E-state index contributed by atoms with van der Waals surface area (Å²) in [6.45, 7) is 2.39. The summed E-state index contributed by atoms with van der Waals surface area (Å²) in [5, 5.41) is 7.73. The van der Waals surface area contributed by atoms with Crippen molar-refractivity contribution in [3.8, 4) is 0 Å². The molecule has 1 heterocycles. The lowest BCUT2D eigenvalue weighted by atomic mass is 10.2. The molecule has 0 amide bonds. The molecule has 112 valence electrons. The van der Waals surface area contributed by atoms with Gasteiger partial charge in [0.2, 0.25) is 0 Å². The van der Waals surface area contributed by atoms with Crippen molar-refractivity contribution in [3.63, 3.8) is 0 Å². The summed E-state index contributed by atoms with van der Waals surface area (Å²) < 4.78 is 20.0. The van der Waals surface area contributed by atoms with Crippen LogP contribution in [0.4, 0.5) is 4.39 Å². The fraction of sp³-hybridized carbons (Fsp3) is 0.308. The van der Waals surface area contributed by atoms with Gasteiger partial charge in [-0.3, -0.25) is 0 Å². The van der Waals surface area contributed by atoms with Crippen molar-refractivity contribution < 1.29 is 13.9 Å². The molecule has 0 saturated heterocycles. The van der Waals surface area contributed by atoms with Crippen LogP contribution < -0.4 is 5.73 Å². The van der Waals surface area contributed by atoms with E-state index in [9.17, 15) is 9.18 Å². The zero-order chi connectivity index (χ0) is 15.4. The van der Waals surface area contributed by atoms with Crippen molar-refractivity contribution in [2.45, 2.75) is 20.0 Å². The number of benzene rings is 1. The molecular weight excluding hydrogens is 343 g/mol. The Balaban J connectivity index is 2.28. The van der Waals surface area contributed by atoms with Gasteiger partial charge in [0.15, 0.2) is 5.69 Å². The van der Waals surface area contributed by atoms with Gasteiger partial charge in [-0.25, -0.2) is 13.9 Å². The van der Waals surface area contributed by atoms with E-state index < -0.39 is 5.97 Å². The van der Waals surface area contributed by atoms with E-state index >= 15 is 0 Å². The third-order valence-electron chi connectivity index (χ3n) is 2.82. The van der Waals surface area contributed by atoms with Gasteiger partial charge in [0, 0.05) is 6.54 Å². The zero-order valence-electron chi connectivity index (χ0n) is 11.3. The summed E-state index contributed by atoms with van der Waals surface area (Å²) in [4.78, 5) is 11.7. The van der Waals surface area contributed by atoms with Crippen molar-refractivity contribution >= 4 is 21.9 Å². The number of nitrogens with two attached hydrogens (primary N) is 1. The molecule has 21 heavy (non-hydrogen) atoms. The largest absolute Gasteiger partial charge is 0.461 e. The molecule has 6 nitrogen and oxygen atoms in total. The smallest absolute Gasteiger partial charge is 0.360 e. The van der Waals surface area contributed by atoms with Crippen LogP contribution in [0.5, 0.6) is 0 Å². The molecule has 0 spiro atoms. The summed E-state index contributed by atoms with van der Waals surface area (Å²) >= 11 is 3.12. The van der Waals surface area contributed by atoms with Gasteiger partial charge in [0.1, 0.15) is 5.82 Å². The van der Waals surface area contributed by atoms with Gasteiger partial charge in [-0.05, 0) is 40.5 Å². The van der Waals surface area contributed by atoms with E-state index in [-0.39, 0.29) is 24.7 Å². The van der Waals surface area contributed by atoms with Crippen molar-refractivity contribution in [3.05, 3.63) is 45.4 Å². The van der Waals surface area contributed by atoms with Crippen LogP contribution in [0.15, 0.2) is 22.7 Å². The summed E-state index contributed by atoms with van der Waals surface area (Å²) in [6.07, 6.45) is 0. The van der Waals surface area contributed by atoms with Crippen molar-refractivity contribution in [1.82, 2.24) is 15.0 Å². The standard InChI is InChI=1S/C13H14BrFN4O2/c1-2-21-13(20)12-11(6-16)19(18-17-12)7-8-3-4-10(15)9(14)5-8/h3-5H,2,6-7,16H2,1H3. The lowest BCUT2D eigenvalue weighted by molar-refractivity contribution is 0.0518. The highest BCUT2D eigenvalue weighted by atomic mass is 79.9. The second kappa shape index (κ2) is 6.77. The topological polar surface area (TPSA) is 83.0 Å². The second-order valence-corrected chi connectivity index (χ2v) is 5.07. The van der Waals surface area contributed by atoms with E-state index in [0.29, 0.717) is 16.7 Å². The molecule has 1 aromatic heterocycles. The first-order valence-corrected chi connectivity index (χ1v) is 7.09. The molecule has 8 heteroatoms. The van der Waals surface area contributed by atoms with Crippen LogP contribution in [0.2, 0.25) is 0 Å². The quantitative estimate of drug-likeness (QED) is 0.826. The number of hydrogen-bond acceptors (Lipinski definition) is 5. The predicted molar refractivity (Wildman–Crippen MR) is 77.1 cm³/mol. The SMILES string of the molecule is CCOC(=O)c1nnn(Cc2ccc(F)c(Br)c2)c1CN. The Morgan fingerprint density at radius 2 is 2.29 bits per heavy atom. The maximum atomic E-state index is 13.2.